The smallest absolute Gasteiger partial charge is 0.282 e. The molecule has 0 aliphatic carbocycles. The number of benzene rings is 2. The van der Waals surface area contributed by atoms with Crippen LogP contribution in [0.25, 0.3) is 23.0 Å². The minimum atomic E-state index is -0.367. The number of carbonyl (C=O) groups is 1. The van der Waals surface area contributed by atoms with Crippen LogP contribution in [0.5, 0.6) is 0 Å². The van der Waals surface area contributed by atoms with Crippen LogP contribution in [0.2, 0.25) is 0 Å². The highest BCUT2D eigenvalue weighted by Gasteiger charge is 2.20. The second kappa shape index (κ2) is 7.27. The molecule has 0 aliphatic heterocycles. The molecule has 0 saturated carbocycles. The zero-order chi connectivity index (χ0) is 19.5. The van der Waals surface area contributed by atoms with Gasteiger partial charge in [-0.1, -0.05) is 28.6 Å². The first-order valence-electron chi connectivity index (χ1n) is 8.24. The van der Waals surface area contributed by atoms with Crippen LogP contribution in [0.4, 0.5) is 15.9 Å². The fourth-order valence-electron chi connectivity index (χ4n) is 2.48. The van der Waals surface area contributed by atoms with Crippen LogP contribution in [0.1, 0.15) is 0 Å². The van der Waals surface area contributed by atoms with Crippen LogP contribution >= 0.6 is 0 Å². The van der Waals surface area contributed by atoms with Crippen LogP contribution < -0.4 is 11.1 Å². The summed E-state index contributed by atoms with van der Waals surface area (Å²) in [6, 6.07) is 14.6. The van der Waals surface area contributed by atoms with Gasteiger partial charge in [0.05, 0.1) is 0 Å². The van der Waals surface area contributed by atoms with E-state index in [-0.39, 0.29) is 41.5 Å². The Morgan fingerprint density at radius 1 is 1.14 bits per heavy atom. The van der Waals surface area contributed by atoms with Crippen LogP contribution in [-0.4, -0.2) is 31.0 Å². The Morgan fingerprint density at radius 3 is 2.64 bits per heavy atom. The van der Waals surface area contributed by atoms with Gasteiger partial charge in [-0.25, -0.2) is 9.07 Å². The summed E-state index contributed by atoms with van der Waals surface area (Å²) < 4.78 is 19.4. The normalized spacial score (nSPS) is 10.8. The fraction of sp³-hybridized carbons (Fsp3) is 0.0556. The number of rotatable bonds is 5. The van der Waals surface area contributed by atoms with Gasteiger partial charge in [0.25, 0.3) is 5.89 Å². The molecule has 0 atom stereocenters. The zero-order valence-electron chi connectivity index (χ0n) is 14.4. The first-order chi connectivity index (χ1) is 13.6. The van der Waals surface area contributed by atoms with Crippen molar-refractivity contribution < 1.29 is 13.7 Å². The number of amides is 1. The Labute approximate surface area is 158 Å². The predicted molar refractivity (Wildman–Crippen MR) is 98.2 cm³/mol. The Hall–Kier alpha value is -4.08. The Bertz CT molecular complexity index is 1110. The molecule has 140 valence electrons. The zero-order valence-corrected chi connectivity index (χ0v) is 14.4. The molecule has 4 rings (SSSR count). The summed E-state index contributed by atoms with van der Waals surface area (Å²) in [7, 11) is 0. The number of nitrogens with two attached hydrogens (primary N) is 1. The van der Waals surface area contributed by atoms with E-state index in [1.54, 1.807) is 12.1 Å². The number of carbonyl (C=O) groups excluding carboxylic acids is 1. The standard InChI is InChI=1S/C18H14FN7O2/c19-12-8-6-11(7-9-12)17-22-18(28-24-17)15-16(20)26(25-23-15)10-14(27)21-13-4-2-1-3-5-13/h1-9H,10,20H2,(H,21,27). The van der Waals surface area contributed by atoms with E-state index in [2.05, 4.69) is 25.8 Å². The Kier molecular flexibility index (Phi) is 4.50. The molecule has 2 aromatic heterocycles. The summed E-state index contributed by atoms with van der Waals surface area (Å²) in [5.74, 6) is -0.268. The van der Waals surface area contributed by atoms with Gasteiger partial charge in [0.15, 0.2) is 11.5 Å². The van der Waals surface area contributed by atoms with Gasteiger partial charge in [-0.3, -0.25) is 4.79 Å². The second-order valence-corrected chi connectivity index (χ2v) is 5.83. The van der Waals surface area contributed by atoms with Crippen molar-refractivity contribution in [2.75, 3.05) is 11.1 Å². The quantitative estimate of drug-likeness (QED) is 0.545. The van der Waals surface area contributed by atoms with Crippen molar-refractivity contribution in [3.63, 3.8) is 0 Å². The molecule has 3 N–H and O–H groups in total. The summed E-state index contributed by atoms with van der Waals surface area (Å²) in [5.41, 5.74) is 7.42. The van der Waals surface area contributed by atoms with Crippen molar-refractivity contribution >= 4 is 17.4 Å². The van der Waals surface area contributed by atoms with E-state index < -0.39 is 0 Å². The molecule has 10 heteroatoms. The molecule has 2 heterocycles. The van der Waals surface area contributed by atoms with Crippen LogP contribution in [-0.2, 0) is 11.3 Å². The number of hydrogen-bond acceptors (Lipinski definition) is 7. The van der Waals surface area contributed by atoms with Gasteiger partial charge in [-0.15, -0.1) is 5.10 Å². The number of halogens is 1. The van der Waals surface area contributed by atoms with E-state index in [0.29, 0.717) is 11.3 Å². The molecule has 28 heavy (non-hydrogen) atoms. The molecule has 0 saturated heterocycles. The Balaban J connectivity index is 1.51. The minimum absolute atomic E-state index is 0.0477. The lowest BCUT2D eigenvalue weighted by Gasteiger charge is -2.05. The largest absolute Gasteiger partial charge is 0.382 e. The van der Waals surface area contributed by atoms with Gasteiger partial charge in [0.1, 0.15) is 12.4 Å². The molecule has 1 amide bonds. The maximum Gasteiger partial charge on any atom is 0.282 e. The van der Waals surface area contributed by atoms with Gasteiger partial charge >= 0.3 is 0 Å². The van der Waals surface area contributed by atoms with Crippen molar-refractivity contribution in [1.82, 2.24) is 25.1 Å². The van der Waals surface area contributed by atoms with Crippen LogP contribution in [0, 0.1) is 5.82 Å². The third kappa shape index (κ3) is 3.56. The van der Waals surface area contributed by atoms with E-state index in [4.69, 9.17) is 10.3 Å². The highest BCUT2D eigenvalue weighted by Crippen LogP contribution is 2.24. The van der Waals surface area contributed by atoms with Crippen molar-refractivity contribution in [3.05, 3.63) is 60.4 Å². The Morgan fingerprint density at radius 2 is 1.89 bits per heavy atom. The first-order valence-corrected chi connectivity index (χ1v) is 8.24. The summed E-state index contributed by atoms with van der Waals surface area (Å²) in [4.78, 5) is 16.4. The number of aromatic nitrogens is 5. The van der Waals surface area contributed by atoms with Gasteiger partial charge in [0, 0.05) is 11.3 Å². The lowest BCUT2D eigenvalue weighted by Crippen LogP contribution is -2.20. The third-order valence-electron chi connectivity index (χ3n) is 3.86. The SMILES string of the molecule is Nc1c(-c2nc(-c3ccc(F)cc3)no2)nnn1CC(=O)Nc1ccccc1. The molecule has 0 unspecified atom stereocenters. The number of nitrogens with one attached hydrogen (secondary N) is 1. The summed E-state index contributed by atoms with van der Waals surface area (Å²) in [6.07, 6.45) is 0. The maximum absolute atomic E-state index is 13.0. The van der Waals surface area contributed by atoms with E-state index >= 15 is 0 Å². The maximum atomic E-state index is 13.0. The lowest BCUT2D eigenvalue weighted by atomic mass is 10.2. The minimum Gasteiger partial charge on any atom is -0.382 e. The highest BCUT2D eigenvalue weighted by atomic mass is 19.1. The molecule has 0 bridgehead atoms. The van der Waals surface area contributed by atoms with Gasteiger partial charge in [-0.2, -0.15) is 4.98 Å². The van der Waals surface area contributed by atoms with E-state index in [9.17, 15) is 9.18 Å². The summed E-state index contributed by atoms with van der Waals surface area (Å²) in [6.45, 7) is -0.132. The number of nitrogens with zero attached hydrogens (tertiary/aromatic N) is 5. The first kappa shape index (κ1) is 17.3. The number of nitrogen functional groups attached to an aromatic ring is 1. The molecule has 2 aromatic carbocycles. The molecular weight excluding hydrogens is 365 g/mol. The third-order valence-corrected chi connectivity index (χ3v) is 3.86. The van der Waals surface area contributed by atoms with Gasteiger partial charge < -0.3 is 15.6 Å². The van der Waals surface area contributed by atoms with E-state index in [1.807, 2.05) is 18.2 Å². The van der Waals surface area contributed by atoms with Crippen molar-refractivity contribution in [2.24, 2.45) is 0 Å². The van der Waals surface area contributed by atoms with E-state index in [0.717, 1.165) is 0 Å². The highest BCUT2D eigenvalue weighted by molar-refractivity contribution is 5.90. The summed E-state index contributed by atoms with van der Waals surface area (Å²) in [5, 5.41) is 14.4. The monoisotopic (exact) mass is 379 g/mol. The van der Waals surface area contributed by atoms with Gasteiger partial charge in [-0.05, 0) is 36.4 Å². The van der Waals surface area contributed by atoms with Crippen LogP contribution in [0.15, 0.2) is 59.1 Å². The number of hydrogen-bond donors (Lipinski definition) is 2. The molecule has 9 nitrogen and oxygen atoms in total. The fourth-order valence-corrected chi connectivity index (χ4v) is 2.48. The van der Waals surface area contributed by atoms with Crippen molar-refractivity contribution in [3.8, 4) is 23.0 Å². The molecule has 0 radical (unpaired) electrons. The molecule has 4 aromatic rings. The topological polar surface area (TPSA) is 125 Å². The number of para-hydroxylation sites is 1. The molecule has 0 aliphatic rings. The average molecular weight is 379 g/mol. The van der Waals surface area contributed by atoms with Gasteiger partial charge in [0.2, 0.25) is 11.7 Å². The lowest BCUT2D eigenvalue weighted by molar-refractivity contribution is -0.116. The van der Waals surface area contributed by atoms with Crippen LogP contribution in [0.3, 0.4) is 0 Å². The number of anilines is 2. The predicted octanol–water partition coefficient (Wildman–Crippen LogP) is 2.36. The van der Waals surface area contributed by atoms with E-state index in [1.165, 1.54) is 28.9 Å². The van der Waals surface area contributed by atoms with Crippen molar-refractivity contribution in [1.29, 1.82) is 0 Å². The van der Waals surface area contributed by atoms with Crippen molar-refractivity contribution in [2.45, 2.75) is 6.54 Å². The second-order valence-electron chi connectivity index (χ2n) is 5.83. The average Bonchev–Trinajstić information content (AvgIpc) is 3.31. The molecular formula is C18H14FN7O2. The summed E-state index contributed by atoms with van der Waals surface area (Å²) >= 11 is 0. The molecule has 0 fully saturated rings. The molecule has 0 spiro atoms.